The zero-order chi connectivity index (χ0) is 12.4. The second kappa shape index (κ2) is 4.32. The number of ether oxygens (including phenoxy) is 1. The van der Waals surface area contributed by atoms with Crippen molar-refractivity contribution in [2.45, 2.75) is 0 Å². The molecule has 0 aliphatic carbocycles. The molecule has 0 saturated heterocycles. The number of halogens is 1. The van der Waals surface area contributed by atoms with Crippen molar-refractivity contribution in [2.75, 3.05) is 7.11 Å². The summed E-state index contributed by atoms with van der Waals surface area (Å²) in [5.74, 6) is -0.945. The Morgan fingerprint density at radius 1 is 1.47 bits per heavy atom. The van der Waals surface area contributed by atoms with Crippen LogP contribution in [-0.2, 0) is 7.05 Å². The first-order valence-electron chi connectivity index (χ1n) is 4.87. The van der Waals surface area contributed by atoms with Crippen molar-refractivity contribution in [2.24, 2.45) is 7.05 Å². The van der Waals surface area contributed by atoms with Gasteiger partial charge in [0.05, 0.1) is 13.3 Å². The van der Waals surface area contributed by atoms with Crippen LogP contribution in [0.3, 0.4) is 0 Å². The molecule has 0 aliphatic rings. The van der Waals surface area contributed by atoms with Gasteiger partial charge in [0.1, 0.15) is 22.8 Å². The Labute approximate surface area is 96.8 Å². The molecule has 0 fully saturated rings. The summed E-state index contributed by atoms with van der Waals surface area (Å²) in [5.41, 5.74) is 0.0915. The number of methoxy groups -OCH3 is 1. The number of nitrogens with zero attached hydrogens (tertiary/aromatic N) is 3. The van der Waals surface area contributed by atoms with E-state index >= 15 is 0 Å². The summed E-state index contributed by atoms with van der Waals surface area (Å²) in [4.78, 5) is 12.1. The molecule has 17 heavy (non-hydrogen) atoms. The summed E-state index contributed by atoms with van der Waals surface area (Å²) in [6.07, 6.45) is 1.29. The smallest absolute Gasteiger partial charge is 0.219 e. The van der Waals surface area contributed by atoms with Crippen LogP contribution in [-0.4, -0.2) is 27.9 Å². The van der Waals surface area contributed by atoms with Gasteiger partial charge >= 0.3 is 0 Å². The summed E-state index contributed by atoms with van der Waals surface area (Å²) < 4.78 is 19.9. The van der Waals surface area contributed by atoms with E-state index in [0.717, 1.165) is 0 Å². The summed E-state index contributed by atoms with van der Waals surface area (Å²) in [6.45, 7) is 0. The fraction of sp³-hybridized carbons (Fsp3) is 0.182. The van der Waals surface area contributed by atoms with Crippen LogP contribution in [0.2, 0.25) is 0 Å². The number of carbonyl (C=O) groups is 1. The van der Waals surface area contributed by atoms with E-state index in [9.17, 15) is 9.18 Å². The summed E-state index contributed by atoms with van der Waals surface area (Å²) in [5, 5.41) is 7.21. The van der Waals surface area contributed by atoms with Gasteiger partial charge in [-0.25, -0.2) is 9.07 Å². The van der Waals surface area contributed by atoms with Gasteiger partial charge in [-0.15, -0.1) is 5.10 Å². The van der Waals surface area contributed by atoms with Crippen LogP contribution in [0.1, 0.15) is 16.1 Å². The highest BCUT2D eigenvalue weighted by molar-refractivity contribution is 6.09. The third kappa shape index (κ3) is 1.89. The summed E-state index contributed by atoms with van der Waals surface area (Å²) in [7, 11) is 2.95. The highest BCUT2D eigenvalue weighted by Gasteiger charge is 2.21. The molecular weight excluding hydrogens is 225 g/mol. The van der Waals surface area contributed by atoms with E-state index in [4.69, 9.17) is 4.74 Å². The van der Waals surface area contributed by atoms with Crippen molar-refractivity contribution in [1.82, 2.24) is 15.0 Å². The molecule has 2 aromatic rings. The van der Waals surface area contributed by atoms with E-state index in [1.807, 2.05) is 0 Å². The third-order valence-corrected chi connectivity index (χ3v) is 2.37. The Morgan fingerprint density at radius 3 is 2.82 bits per heavy atom. The highest BCUT2D eigenvalue weighted by atomic mass is 19.1. The number of rotatable bonds is 3. The van der Waals surface area contributed by atoms with Crippen LogP contribution < -0.4 is 4.74 Å². The molecule has 1 aromatic carbocycles. The lowest BCUT2D eigenvalue weighted by molar-refractivity contribution is 0.102. The molecule has 2 rings (SSSR count). The van der Waals surface area contributed by atoms with E-state index in [0.29, 0.717) is 0 Å². The zero-order valence-corrected chi connectivity index (χ0v) is 9.35. The van der Waals surface area contributed by atoms with Gasteiger partial charge in [-0.1, -0.05) is 11.3 Å². The van der Waals surface area contributed by atoms with Crippen LogP contribution >= 0.6 is 0 Å². The number of aryl methyl sites for hydroxylation is 1. The fourth-order valence-electron chi connectivity index (χ4n) is 1.52. The number of hydrogen-bond acceptors (Lipinski definition) is 4. The van der Waals surface area contributed by atoms with Gasteiger partial charge in [-0.05, 0) is 12.1 Å². The first-order chi connectivity index (χ1) is 8.15. The number of carbonyl (C=O) groups excluding carboxylic acids is 1. The normalized spacial score (nSPS) is 10.3. The number of hydrogen-bond donors (Lipinski definition) is 0. The average molecular weight is 235 g/mol. The van der Waals surface area contributed by atoms with Crippen LogP contribution in [0.15, 0.2) is 24.4 Å². The Kier molecular flexibility index (Phi) is 2.86. The Bertz CT molecular complexity index is 566. The van der Waals surface area contributed by atoms with Gasteiger partial charge in [0.15, 0.2) is 0 Å². The maximum atomic E-state index is 13.7. The zero-order valence-electron chi connectivity index (χ0n) is 9.35. The van der Waals surface area contributed by atoms with Crippen molar-refractivity contribution < 1.29 is 13.9 Å². The van der Waals surface area contributed by atoms with Gasteiger partial charge in [0.2, 0.25) is 5.78 Å². The second-order valence-corrected chi connectivity index (χ2v) is 3.39. The maximum Gasteiger partial charge on any atom is 0.219 e. The Hall–Kier alpha value is -2.24. The summed E-state index contributed by atoms with van der Waals surface area (Å²) in [6, 6.07) is 4.21. The second-order valence-electron chi connectivity index (χ2n) is 3.39. The van der Waals surface area contributed by atoms with E-state index in [-0.39, 0.29) is 17.0 Å². The molecule has 88 valence electrons. The van der Waals surface area contributed by atoms with Gasteiger partial charge in [-0.3, -0.25) is 4.79 Å². The minimum absolute atomic E-state index is 0.111. The molecule has 0 spiro atoms. The molecule has 0 aliphatic heterocycles. The minimum Gasteiger partial charge on any atom is -0.496 e. The van der Waals surface area contributed by atoms with Crippen molar-refractivity contribution in [3.8, 4) is 5.75 Å². The molecule has 5 nitrogen and oxygen atoms in total. The SMILES string of the molecule is COc1cccc(F)c1C(=O)c1cnnn1C. The average Bonchev–Trinajstić information content (AvgIpc) is 2.74. The quantitative estimate of drug-likeness (QED) is 0.750. The lowest BCUT2D eigenvalue weighted by Crippen LogP contribution is -2.11. The molecule has 1 aromatic heterocycles. The molecule has 0 amide bonds. The predicted molar refractivity (Wildman–Crippen MR) is 57.4 cm³/mol. The largest absolute Gasteiger partial charge is 0.496 e. The van der Waals surface area contributed by atoms with E-state index in [1.54, 1.807) is 7.05 Å². The van der Waals surface area contributed by atoms with Gasteiger partial charge in [0, 0.05) is 7.05 Å². The van der Waals surface area contributed by atoms with Crippen LogP contribution in [0.5, 0.6) is 5.75 Å². The Morgan fingerprint density at radius 2 is 2.24 bits per heavy atom. The molecule has 1 heterocycles. The van der Waals surface area contributed by atoms with Crippen LogP contribution in [0.4, 0.5) is 4.39 Å². The van der Waals surface area contributed by atoms with Crippen LogP contribution in [0, 0.1) is 5.82 Å². The number of benzene rings is 1. The standard InChI is InChI=1S/C11H10FN3O2/c1-15-8(6-13-14-15)11(16)10-7(12)4-3-5-9(10)17-2/h3-6H,1-2H3. The number of ketones is 1. The number of aromatic nitrogens is 3. The molecule has 0 N–H and O–H groups in total. The molecule has 0 saturated carbocycles. The van der Waals surface area contributed by atoms with E-state index in [2.05, 4.69) is 10.3 Å². The molecule has 0 unspecified atom stereocenters. The molecule has 0 radical (unpaired) electrons. The van der Waals surface area contributed by atoms with Gasteiger partial charge in [-0.2, -0.15) is 0 Å². The van der Waals surface area contributed by atoms with Crippen molar-refractivity contribution in [3.63, 3.8) is 0 Å². The van der Waals surface area contributed by atoms with Crippen LogP contribution in [0.25, 0.3) is 0 Å². The maximum absolute atomic E-state index is 13.7. The lowest BCUT2D eigenvalue weighted by Gasteiger charge is -2.07. The molecule has 6 heteroatoms. The van der Waals surface area contributed by atoms with Gasteiger partial charge in [0.25, 0.3) is 0 Å². The summed E-state index contributed by atoms with van der Waals surface area (Å²) >= 11 is 0. The van der Waals surface area contributed by atoms with Gasteiger partial charge < -0.3 is 4.74 Å². The van der Waals surface area contributed by atoms with Crippen molar-refractivity contribution >= 4 is 5.78 Å². The van der Waals surface area contributed by atoms with E-state index in [1.165, 1.54) is 36.2 Å². The third-order valence-electron chi connectivity index (χ3n) is 2.37. The minimum atomic E-state index is -0.629. The fourth-order valence-corrected chi connectivity index (χ4v) is 1.52. The molecule has 0 atom stereocenters. The first-order valence-corrected chi connectivity index (χ1v) is 4.87. The predicted octanol–water partition coefficient (Wildman–Crippen LogP) is 1.19. The molecular formula is C11H10FN3O2. The Balaban J connectivity index is 2.55. The van der Waals surface area contributed by atoms with Crippen molar-refractivity contribution in [1.29, 1.82) is 0 Å². The monoisotopic (exact) mass is 235 g/mol. The lowest BCUT2D eigenvalue weighted by atomic mass is 10.1. The van der Waals surface area contributed by atoms with E-state index < -0.39 is 11.6 Å². The highest BCUT2D eigenvalue weighted by Crippen LogP contribution is 2.23. The topological polar surface area (TPSA) is 57.0 Å². The molecule has 0 bridgehead atoms. The van der Waals surface area contributed by atoms with Crippen molar-refractivity contribution in [3.05, 3.63) is 41.5 Å². The first kappa shape index (κ1) is 11.3.